The first-order valence-electron chi connectivity index (χ1n) is 6.42. The molecule has 1 saturated heterocycles. The minimum absolute atomic E-state index is 0.0713. The summed E-state index contributed by atoms with van der Waals surface area (Å²) in [6.07, 6.45) is 9.09. The Morgan fingerprint density at radius 3 is 2.47 bits per heavy atom. The van der Waals surface area contributed by atoms with Gasteiger partial charge in [0.25, 0.3) is 0 Å². The zero-order valence-electron chi connectivity index (χ0n) is 10.2. The van der Waals surface area contributed by atoms with Gasteiger partial charge in [-0.3, -0.25) is 0 Å². The molecule has 4 heteroatoms. The van der Waals surface area contributed by atoms with Gasteiger partial charge in [-0.05, 0) is 25.7 Å². The maximum atomic E-state index is 11.9. The van der Waals surface area contributed by atoms with Crippen LogP contribution in [0.1, 0.15) is 25.7 Å². The second-order valence-electron chi connectivity index (χ2n) is 4.76. The normalized spacial score (nSPS) is 29.5. The Hall–Kier alpha value is -1.21. The first kappa shape index (κ1) is 12.3. The number of terminal acetylenes is 1. The van der Waals surface area contributed by atoms with E-state index in [-0.39, 0.29) is 12.2 Å². The third-order valence-corrected chi connectivity index (χ3v) is 3.55. The van der Waals surface area contributed by atoms with Crippen LogP contribution in [0.4, 0.5) is 4.79 Å². The van der Waals surface area contributed by atoms with E-state index in [0.717, 1.165) is 51.9 Å². The minimum atomic E-state index is -0.157. The number of nitrogens with zero attached hydrogens (tertiary/aromatic N) is 1. The molecular weight excluding hydrogens is 216 g/mol. The van der Waals surface area contributed by atoms with E-state index in [2.05, 4.69) is 11.2 Å². The minimum Gasteiger partial charge on any atom is -0.446 e. The molecule has 0 radical (unpaired) electrons. The van der Waals surface area contributed by atoms with Gasteiger partial charge in [0.1, 0.15) is 6.10 Å². The summed E-state index contributed by atoms with van der Waals surface area (Å²) in [4.78, 5) is 13.6. The van der Waals surface area contributed by atoms with Crippen molar-refractivity contribution in [2.45, 2.75) is 31.8 Å². The molecule has 1 aliphatic heterocycles. The summed E-state index contributed by atoms with van der Waals surface area (Å²) in [7, 11) is 0. The summed E-state index contributed by atoms with van der Waals surface area (Å²) in [6.45, 7) is 3.22. The van der Waals surface area contributed by atoms with Crippen LogP contribution in [0.25, 0.3) is 0 Å². The summed E-state index contributed by atoms with van der Waals surface area (Å²) in [5, 5.41) is 3.22. The molecule has 4 nitrogen and oxygen atoms in total. The summed E-state index contributed by atoms with van der Waals surface area (Å²) < 4.78 is 5.51. The Balaban J connectivity index is 1.74. The number of hydrogen-bond donors (Lipinski definition) is 1. The lowest BCUT2D eigenvalue weighted by atomic mass is 9.88. The number of ether oxygens (including phenoxy) is 1. The van der Waals surface area contributed by atoms with Crippen molar-refractivity contribution in [1.29, 1.82) is 0 Å². The molecule has 94 valence electrons. The van der Waals surface area contributed by atoms with E-state index in [1.165, 1.54) is 0 Å². The molecule has 0 unspecified atom stereocenters. The third kappa shape index (κ3) is 3.37. The van der Waals surface area contributed by atoms with Gasteiger partial charge in [-0.15, -0.1) is 12.3 Å². The second-order valence-corrected chi connectivity index (χ2v) is 4.76. The van der Waals surface area contributed by atoms with Crippen molar-refractivity contribution in [3.63, 3.8) is 0 Å². The van der Waals surface area contributed by atoms with E-state index in [9.17, 15) is 4.79 Å². The lowest BCUT2D eigenvalue weighted by Crippen LogP contribution is -2.47. The molecular formula is C13H20N2O2. The molecule has 0 atom stereocenters. The fraction of sp³-hybridized carbons (Fsp3) is 0.769. The van der Waals surface area contributed by atoms with Crippen molar-refractivity contribution in [3.05, 3.63) is 0 Å². The van der Waals surface area contributed by atoms with Crippen LogP contribution in [0.3, 0.4) is 0 Å². The van der Waals surface area contributed by atoms with Crippen molar-refractivity contribution in [2.24, 2.45) is 5.92 Å². The predicted molar refractivity (Wildman–Crippen MR) is 65.5 cm³/mol. The highest BCUT2D eigenvalue weighted by Crippen LogP contribution is 2.25. The first-order valence-corrected chi connectivity index (χ1v) is 6.42. The largest absolute Gasteiger partial charge is 0.446 e. The van der Waals surface area contributed by atoms with Crippen molar-refractivity contribution in [1.82, 2.24) is 10.2 Å². The lowest BCUT2D eigenvalue weighted by Gasteiger charge is -2.31. The van der Waals surface area contributed by atoms with Crippen LogP contribution in [-0.2, 0) is 4.74 Å². The Labute approximate surface area is 103 Å². The van der Waals surface area contributed by atoms with Crippen molar-refractivity contribution >= 4 is 6.09 Å². The van der Waals surface area contributed by atoms with Crippen molar-refractivity contribution in [3.8, 4) is 12.3 Å². The predicted octanol–water partition coefficient (Wildman–Crippen LogP) is 1.22. The molecule has 1 heterocycles. The molecule has 1 N–H and O–H groups in total. The van der Waals surface area contributed by atoms with Gasteiger partial charge in [-0.2, -0.15) is 0 Å². The van der Waals surface area contributed by atoms with Gasteiger partial charge in [0, 0.05) is 32.1 Å². The summed E-state index contributed by atoms with van der Waals surface area (Å²) in [5.41, 5.74) is 0. The van der Waals surface area contributed by atoms with Crippen LogP contribution in [0.2, 0.25) is 0 Å². The second kappa shape index (κ2) is 5.92. The van der Waals surface area contributed by atoms with Crippen LogP contribution in [0, 0.1) is 18.3 Å². The van der Waals surface area contributed by atoms with E-state index in [1.807, 2.05) is 0 Å². The zero-order valence-corrected chi connectivity index (χ0v) is 10.2. The zero-order chi connectivity index (χ0) is 12.1. The molecule has 1 amide bonds. The fourth-order valence-corrected chi connectivity index (χ4v) is 2.41. The molecule has 0 aromatic heterocycles. The van der Waals surface area contributed by atoms with Crippen LogP contribution in [0.15, 0.2) is 0 Å². The summed E-state index contributed by atoms with van der Waals surface area (Å²) >= 11 is 0. The van der Waals surface area contributed by atoms with E-state index < -0.39 is 0 Å². The number of piperazine rings is 1. The molecule has 1 aliphatic carbocycles. The Bertz CT molecular complexity index is 297. The fourth-order valence-electron chi connectivity index (χ4n) is 2.41. The van der Waals surface area contributed by atoms with E-state index >= 15 is 0 Å². The lowest BCUT2D eigenvalue weighted by molar-refractivity contribution is 0.0394. The average Bonchev–Trinajstić information content (AvgIpc) is 2.40. The molecule has 0 aromatic rings. The topological polar surface area (TPSA) is 41.6 Å². The molecule has 2 aliphatic rings. The van der Waals surface area contributed by atoms with Gasteiger partial charge in [0.2, 0.25) is 0 Å². The number of hydrogen-bond acceptors (Lipinski definition) is 3. The van der Waals surface area contributed by atoms with Crippen LogP contribution in [-0.4, -0.2) is 43.3 Å². The monoisotopic (exact) mass is 236 g/mol. The molecule has 0 bridgehead atoms. The maximum absolute atomic E-state index is 11.9. The number of rotatable bonds is 1. The number of carbonyl (C=O) groups is 1. The summed E-state index contributed by atoms with van der Waals surface area (Å²) in [5.74, 6) is 3.16. The number of amides is 1. The molecule has 17 heavy (non-hydrogen) atoms. The van der Waals surface area contributed by atoms with Gasteiger partial charge < -0.3 is 15.0 Å². The van der Waals surface area contributed by atoms with Crippen LogP contribution in [0.5, 0.6) is 0 Å². The average molecular weight is 236 g/mol. The Morgan fingerprint density at radius 1 is 1.24 bits per heavy atom. The maximum Gasteiger partial charge on any atom is 0.410 e. The summed E-state index contributed by atoms with van der Waals surface area (Å²) in [6, 6.07) is 0. The van der Waals surface area contributed by atoms with Gasteiger partial charge >= 0.3 is 6.09 Å². The van der Waals surface area contributed by atoms with Crippen LogP contribution < -0.4 is 5.32 Å². The Kier molecular flexibility index (Phi) is 4.27. The highest BCUT2D eigenvalue weighted by molar-refractivity contribution is 5.68. The SMILES string of the molecule is C#CC1CCC(OC(=O)N2CCNCC2)CC1. The first-order chi connectivity index (χ1) is 8.29. The molecule has 2 fully saturated rings. The molecule has 0 aromatic carbocycles. The highest BCUT2D eigenvalue weighted by Gasteiger charge is 2.25. The van der Waals surface area contributed by atoms with E-state index in [4.69, 9.17) is 11.2 Å². The smallest absolute Gasteiger partial charge is 0.410 e. The van der Waals surface area contributed by atoms with E-state index in [1.54, 1.807) is 4.90 Å². The standard InChI is InChI=1S/C13H20N2O2/c1-2-11-3-5-12(6-4-11)17-13(16)15-9-7-14-8-10-15/h1,11-12,14H,3-10H2. The van der Waals surface area contributed by atoms with Crippen molar-refractivity contribution in [2.75, 3.05) is 26.2 Å². The molecule has 2 rings (SSSR count). The van der Waals surface area contributed by atoms with E-state index in [0.29, 0.717) is 5.92 Å². The highest BCUT2D eigenvalue weighted by atomic mass is 16.6. The third-order valence-electron chi connectivity index (χ3n) is 3.55. The van der Waals surface area contributed by atoms with Crippen molar-refractivity contribution < 1.29 is 9.53 Å². The van der Waals surface area contributed by atoms with Gasteiger partial charge in [-0.25, -0.2) is 4.79 Å². The Morgan fingerprint density at radius 2 is 1.88 bits per heavy atom. The van der Waals surface area contributed by atoms with Gasteiger partial charge in [0.15, 0.2) is 0 Å². The molecule has 0 spiro atoms. The number of nitrogens with one attached hydrogen (secondary N) is 1. The van der Waals surface area contributed by atoms with Crippen LogP contribution >= 0.6 is 0 Å². The quantitative estimate of drug-likeness (QED) is 0.696. The van der Waals surface area contributed by atoms with Gasteiger partial charge in [0.05, 0.1) is 0 Å². The van der Waals surface area contributed by atoms with Gasteiger partial charge in [-0.1, -0.05) is 0 Å². The molecule has 1 saturated carbocycles. The number of carbonyl (C=O) groups excluding carboxylic acids is 1.